The Kier molecular flexibility index (Phi) is 6.44. The molecule has 0 fully saturated rings. The lowest BCUT2D eigenvalue weighted by Crippen LogP contribution is -2.22. The van der Waals surface area contributed by atoms with Crippen LogP contribution in [0.5, 0.6) is 0 Å². The quantitative estimate of drug-likeness (QED) is 0.453. The van der Waals surface area contributed by atoms with E-state index in [2.05, 4.69) is 56.9 Å². The van der Waals surface area contributed by atoms with Gasteiger partial charge in [-0.1, -0.05) is 40.4 Å². The number of fused-ring (bicyclic) bond motifs is 1. The molecule has 0 aliphatic rings. The summed E-state index contributed by atoms with van der Waals surface area (Å²) < 4.78 is 22.7. The largest absolute Gasteiger partial charge is 0.361 e. The molecule has 0 radical (unpaired) electrons. The van der Waals surface area contributed by atoms with Gasteiger partial charge in [-0.05, 0) is 37.3 Å². The highest BCUT2D eigenvalue weighted by Gasteiger charge is 2.21. The third-order valence-corrected chi connectivity index (χ3v) is 6.36. The number of aryl methyl sites for hydroxylation is 1. The van der Waals surface area contributed by atoms with Gasteiger partial charge in [0.25, 0.3) is 0 Å². The molecule has 0 saturated heterocycles. The van der Waals surface area contributed by atoms with Gasteiger partial charge in [-0.3, -0.25) is 4.98 Å². The Balaban J connectivity index is 2.43. The highest BCUT2D eigenvalue weighted by Crippen LogP contribution is 2.30. The summed E-state index contributed by atoms with van der Waals surface area (Å²) in [7, 11) is -1.11. The van der Waals surface area contributed by atoms with Crippen LogP contribution in [-0.4, -0.2) is 24.2 Å². The molecule has 0 aliphatic heterocycles. The van der Waals surface area contributed by atoms with Crippen molar-refractivity contribution in [3.63, 3.8) is 0 Å². The summed E-state index contributed by atoms with van der Waals surface area (Å²) in [6.45, 7) is 16.8. The number of hydrogen-bond donors (Lipinski definition) is 0. The maximum absolute atomic E-state index is 14.5. The lowest BCUT2D eigenvalue weighted by atomic mass is 10.0. The van der Waals surface area contributed by atoms with Crippen molar-refractivity contribution >= 4 is 19.1 Å². The second-order valence-corrected chi connectivity index (χ2v) is 14.2. The van der Waals surface area contributed by atoms with Gasteiger partial charge in [0.1, 0.15) is 12.5 Å². The molecule has 0 unspecified atom stereocenters. The monoisotopic (exact) mass is 364 g/mol. The van der Waals surface area contributed by atoms with E-state index in [4.69, 9.17) is 4.74 Å². The van der Waals surface area contributed by atoms with E-state index in [1.54, 1.807) is 0 Å². The maximum atomic E-state index is 14.5. The van der Waals surface area contributed by atoms with Gasteiger partial charge in [0.15, 0.2) is 0 Å². The first-order chi connectivity index (χ1) is 11.7. The summed E-state index contributed by atoms with van der Waals surface area (Å²) in [5.41, 5.74) is 4.97. The molecule has 0 atom stereocenters. The second kappa shape index (κ2) is 8.00. The number of aromatic nitrogens is 2. The van der Waals surface area contributed by atoms with Gasteiger partial charge in [0.2, 0.25) is 0 Å². The third kappa shape index (κ3) is 4.70. The van der Waals surface area contributed by atoms with Crippen molar-refractivity contribution < 1.29 is 9.13 Å². The van der Waals surface area contributed by atoms with Gasteiger partial charge in [-0.15, -0.1) is 0 Å². The molecule has 0 saturated carbocycles. The van der Waals surface area contributed by atoms with E-state index < -0.39 is 8.07 Å². The van der Waals surface area contributed by atoms with Crippen LogP contribution >= 0.6 is 0 Å². The van der Waals surface area contributed by atoms with E-state index in [0.29, 0.717) is 19.1 Å². The summed E-state index contributed by atoms with van der Waals surface area (Å²) in [5.74, 6) is 0.186. The first-order valence-corrected chi connectivity index (χ1v) is 13.1. The van der Waals surface area contributed by atoms with Gasteiger partial charge < -0.3 is 9.30 Å². The van der Waals surface area contributed by atoms with Crippen LogP contribution < -0.4 is 0 Å². The van der Waals surface area contributed by atoms with E-state index in [-0.39, 0.29) is 5.82 Å². The van der Waals surface area contributed by atoms with Crippen LogP contribution in [0.25, 0.3) is 11.0 Å². The van der Waals surface area contributed by atoms with E-state index in [1.165, 1.54) is 11.9 Å². The van der Waals surface area contributed by atoms with E-state index in [1.807, 2.05) is 0 Å². The summed E-state index contributed by atoms with van der Waals surface area (Å²) in [6, 6.07) is 1.14. The van der Waals surface area contributed by atoms with E-state index in [0.717, 1.165) is 41.2 Å². The molecule has 2 aromatic rings. The van der Waals surface area contributed by atoms with Gasteiger partial charge >= 0.3 is 0 Å². The van der Waals surface area contributed by atoms with Crippen molar-refractivity contribution in [2.75, 3.05) is 6.61 Å². The molecule has 5 heteroatoms. The molecule has 0 aliphatic carbocycles. The molecule has 0 aromatic carbocycles. The first-order valence-electron chi connectivity index (χ1n) is 9.38. The number of halogens is 1. The van der Waals surface area contributed by atoms with Gasteiger partial charge in [0, 0.05) is 25.9 Å². The second-order valence-electron chi connectivity index (χ2n) is 8.58. The number of ether oxygens (including phenoxy) is 1. The Bertz CT molecular complexity index is 732. The molecule has 3 nitrogen and oxygen atoms in total. The van der Waals surface area contributed by atoms with Crippen molar-refractivity contribution in [3.05, 3.63) is 28.8 Å². The first kappa shape index (κ1) is 20.1. The van der Waals surface area contributed by atoms with E-state index >= 15 is 0 Å². The number of nitrogens with zero attached hydrogens (tertiary/aromatic N) is 2. The third-order valence-electron chi connectivity index (χ3n) is 4.65. The van der Waals surface area contributed by atoms with Crippen LogP contribution in [0.4, 0.5) is 4.39 Å². The average molecular weight is 365 g/mol. The topological polar surface area (TPSA) is 27.1 Å². The Labute approximate surface area is 152 Å². The minimum Gasteiger partial charge on any atom is -0.361 e. The molecule has 0 bridgehead atoms. The summed E-state index contributed by atoms with van der Waals surface area (Å²) in [4.78, 5) is 4.40. The zero-order valence-corrected chi connectivity index (χ0v) is 17.9. The van der Waals surface area contributed by atoms with Crippen LogP contribution in [0, 0.1) is 18.7 Å². The fourth-order valence-electron chi connectivity index (χ4n) is 3.29. The van der Waals surface area contributed by atoms with Crippen molar-refractivity contribution in [2.45, 2.75) is 73.0 Å². The minimum absolute atomic E-state index is 0.204. The van der Waals surface area contributed by atoms with Crippen LogP contribution in [0.2, 0.25) is 25.7 Å². The standard InChI is InChI=1S/C20H33FN2OSi/c1-8-18-15(4)19-20(16(11-14(2)3)17(21)12-22-19)23(18)13-24-9-10-25(5,6)7/h12,14H,8-11,13H2,1-7H3. The summed E-state index contributed by atoms with van der Waals surface area (Å²) in [5, 5.41) is 0. The molecule has 25 heavy (non-hydrogen) atoms. The zero-order chi connectivity index (χ0) is 18.8. The Hall–Kier alpha value is -1.20. The minimum atomic E-state index is -1.11. The summed E-state index contributed by atoms with van der Waals surface area (Å²) >= 11 is 0. The molecule has 140 valence electrons. The van der Waals surface area contributed by atoms with Crippen LogP contribution in [-0.2, 0) is 24.3 Å². The van der Waals surface area contributed by atoms with Crippen molar-refractivity contribution in [1.82, 2.24) is 9.55 Å². The Morgan fingerprint density at radius 2 is 1.96 bits per heavy atom. The number of hydrogen-bond acceptors (Lipinski definition) is 2. The summed E-state index contributed by atoms with van der Waals surface area (Å²) in [6.07, 6.45) is 2.98. The highest BCUT2D eigenvalue weighted by atomic mass is 28.3. The SMILES string of the molecule is CCc1c(C)c2ncc(F)c(CC(C)C)c2n1COCC[Si](C)(C)C. The van der Waals surface area contributed by atoms with Crippen LogP contribution in [0.1, 0.15) is 37.6 Å². The number of pyridine rings is 1. The molecule has 0 N–H and O–H groups in total. The lowest BCUT2D eigenvalue weighted by molar-refractivity contribution is 0.0883. The van der Waals surface area contributed by atoms with Crippen LogP contribution in [0.3, 0.4) is 0 Å². The Morgan fingerprint density at radius 3 is 2.52 bits per heavy atom. The van der Waals surface area contributed by atoms with Gasteiger partial charge in [-0.2, -0.15) is 0 Å². The molecule has 0 amide bonds. The molecular weight excluding hydrogens is 331 g/mol. The zero-order valence-electron chi connectivity index (χ0n) is 16.9. The number of rotatable bonds is 8. The van der Waals surface area contributed by atoms with Crippen molar-refractivity contribution in [3.8, 4) is 0 Å². The highest BCUT2D eigenvalue weighted by molar-refractivity contribution is 6.76. The van der Waals surface area contributed by atoms with Gasteiger partial charge in [0.05, 0.1) is 17.2 Å². The van der Waals surface area contributed by atoms with Crippen molar-refractivity contribution in [1.29, 1.82) is 0 Å². The fraction of sp³-hybridized carbons (Fsp3) is 0.650. The van der Waals surface area contributed by atoms with Crippen molar-refractivity contribution in [2.24, 2.45) is 5.92 Å². The predicted octanol–water partition coefficient (Wildman–Crippen LogP) is 5.56. The fourth-order valence-corrected chi connectivity index (χ4v) is 4.05. The van der Waals surface area contributed by atoms with Crippen LogP contribution in [0.15, 0.2) is 6.20 Å². The molecule has 2 aromatic heterocycles. The van der Waals surface area contributed by atoms with Gasteiger partial charge in [-0.25, -0.2) is 4.39 Å². The molecule has 2 heterocycles. The van der Waals surface area contributed by atoms with E-state index in [9.17, 15) is 4.39 Å². The predicted molar refractivity (Wildman–Crippen MR) is 106 cm³/mol. The average Bonchev–Trinajstić information content (AvgIpc) is 2.77. The molecule has 0 spiro atoms. The molecular formula is C20H33FN2OSi. The Morgan fingerprint density at radius 1 is 1.28 bits per heavy atom. The molecule has 2 rings (SSSR count). The lowest BCUT2D eigenvalue weighted by Gasteiger charge is -2.17. The maximum Gasteiger partial charge on any atom is 0.146 e. The normalized spacial score (nSPS) is 12.5. The smallest absolute Gasteiger partial charge is 0.146 e.